The van der Waals surface area contributed by atoms with Crippen molar-refractivity contribution >= 4 is 16.5 Å². The molecule has 0 spiro atoms. The minimum atomic E-state index is 0.0900. The van der Waals surface area contributed by atoms with E-state index in [0.29, 0.717) is 5.92 Å². The zero-order chi connectivity index (χ0) is 13.7. The van der Waals surface area contributed by atoms with Gasteiger partial charge in [-0.25, -0.2) is 4.98 Å². The maximum atomic E-state index is 9.26. The first-order valence-electron chi connectivity index (χ1n) is 6.40. The first-order chi connectivity index (χ1) is 8.43. The third-order valence-corrected chi connectivity index (χ3v) is 3.90. The number of hydrogen-bond acceptors (Lipinski definition) is 5. The number of aromatic nitrogens is 1. The minimum absolute atomic E-state index is 0.0900. The molecule has 1 N–H and O–H groups in total. The van der Waals surface area contributed by atoms with Crippen LogP contribution in [0.1, 0.15) is 24.4 Å². The number of hydrogen-bond donors (Lipinski definition) is 1. The number of thiazole rings is 1. The molecular weight excluding hydrogens is 246 g/mol. The average molecular weight is 271 g/mol. The molecule has 0 aromatic carbocycles. The second-order valence-corrected chi connectivity index (χ2v) is 6.37. The van der Waals surface area contributed by atoms with Crippen LogP contribution in [0.3, 0.4) is 0 Å². The second kappa shape index (κ2) is 7.07. The lowest BCUT2D eigenvalue weighted by molar-refractivity contribution is 0.284. The van der Waals surface area contributed by atoms with Gasteiger partial charge in [-0.3, -0.25) is 0 Å². The van der Waals surface area contributed by atoms with Crippen molar-refractivity contribution in [2.75, 3.05) is 38.6 Å². The predicted octanol–water partition coefficient (Wildman–Crippen LogP) is 1.97. The molecule has 0 aliphatic heterocycles. The van der Waals surface area contributed by atoms with Gasteiger partial charge in [0, 0.05) is 19.6 Å². The summed E-state index contributed by atoms with van der Waals surface area (Å²) >= 11 is 1.61. The van der Waals surface area contributed by atoms with E-state index in [0.717, 1.165) is 35.3 Å². The van der Waals surface area contributed by atoms with Gasteiger partial charge >= 0.3 is 0 Å². The summed E-state index contributed by atoms with van der Waals surface area (Å²) in [4.78, 5) is 10.1. The highest BCUT2D eigenvalue weighted by Gasteiger charge is 2.15. The highest BCUT2D eigenvalue weighted by molar-refractivity contribution is 7.15. The normalized spacial score (nSPS) is 11.6. The summed E-state index contributed by atoms with van der Waals surface area (Å²) in [7, 11) is 4.17. The van der Waals surface area contributed by atoms with Gasteiger partial charge in [-0.2, -0.15) is 0 Å². The van der Waals surface area contributed by atoms with Crippen LogP contribution < -0.4 is 4.90 Å². The van der Waals surface area contributed by atoms with E-state index in [1.165, 1.54) is 0 Å². The fourth-order valence-corrected chi connectivity index (χ4v) is 2.68. The molecule has 4 nitrogen and oxygen atoms in total. The molecule has 5 heteroatoms. The molecule has 0 unspecified atom stereocenters. The van der Waals surface area contributed by atoms with Crippen LogP contribution in [0.2, 0.25) is 0 Å². The van der Waals surface area contributed by atoms with Crippen LogP contribution in [0, 0.1) is 12.8 Å². The van der Waals surface area contributed by atoms with Crippen molar-refractivity contribution in [3.8, 4) is 0 Å². The molecule has 0 aliphatic rings. The van der Waals surface area contributed by atoms with Crippen LogP contribution in [0.5, 0.6) is 0 Å². The summed E-state index contributed by atoms with van der Waals surface area (Å²) in [6.45, 7) is 9.48. The van der Waals surface area contributed by atoms with Crippen LogP contribution in [0.15, 0.2) is 0 Å². The Kier molecular flexibility index (Phi) is 6.05. The van der Waals surface area contributed by atoms with Crippen molar-refractivity contribution in [2.45, 2.75) is 27.4 Å². The lowest BCUT2D eigenvalue weighted by Gasteiger charge is -2.25. The topological polar surface area (TPSA) is 39.6 Å². The first-order valence-corrected chi connectivity index (χ1v) is 7.22. The Morgan fingerprint density at radius 2 is 1.94 bits per heavy atom. The van der Waals surface area contributed by atoms with E-state index in [-0.39, 0.29) is 6.61 Å². The molecule has 0 radical (unpaired) electrons. The molecule has 0 bridgehead atoms. The molecule has 0 fully saturated rings. The van der Waals surface area contributed by atoms with Crippen LogP contribution in [-0.4, -0.2) is 48.7 Å². The van der Waals surface area contributed by atoms with Gasteiger partial charge in [0.05, 0.1) is 17.2 Å². The molecule has 1 aromatic heterocycles. The Hall–Kier alpha value is -0.650. The number of anilines is 1. The summed E-state index contributed by atoms with van der Waals surface area (Å²) in [5.41, 5.74) is 0.955. The van der Waals surface area contributed by atoms with Crippen molar-refractivity contribution in [3.63, 3.8) is 0 Å². The smallest absolute Gasteiger partial charge is 0.185 e. The lowest BCUT2D eigenvalue weighted by atomic mass is 10.2. The summed E-state index contributed by atoms with van der Waals surface area (Å²) in [5, 5.41) is 10.3. The maximum absolute atomic E-state index is 9.26. The van der Waals surface area contributed by atoms with Gasteiger partial charge in [0.25, 0.3) is 0 Å². The third-order valence-electron chi connectivity index (χ3n) is 2.70. The van der Waals surface area contributed by atoms with Gasteiger partial charge in [-0.05, 0) is 26.9 Å². The zero-order valence-electron chi connectivity index (χ0n) is 12.1. The number of likely N-dealkylation sites (N-methyl/N-ethyl adjacent to an activating group) is 1. The minimum Gasteiger partial charge on any atom is -0.391 e. The van der Waals surface area contributed by atoms with E-state index in [1.807, 2.05) is 6.92 Å². The fourth-order valence-electron chi connectivity index (χ4n) is 1.72. The second-order valence-electron chi connectivity index (χ2n) is 5.31. The number of aliphatic hydroxyl groups is 1. The summed E-state index contributed by atoms with van der Waals surface area (Å²) in [6, 6.07) is 0. The van der Waals surface area contributed by atoms with Crippen LogP contribution in [0.25, 0.3) is 0 Å². The summed E-state index contributed by atoms with van der Waals surface area (Å²) in [5.74, 6) is 0.606. The number of aliphatic hydroxyl groups excluding tert-OH is 1. The standard InChI is InChI=1S/C13H25N3OS/c1-10(2)8-16(7-6-15(4)5)13-14-11(3)12(9-17)18-13/h10,17H,6-9H2,1-5H3. The summed E-state index contributed by atoms with van der Waals surface area (Å²) in [6.07, 6.45) is 0. The molecule has 0 amide bonds. The molecule has 0 aliphatic carbocycles. The van der Waals surface area contributed by atoms with E-state index in [9.17, 15) is 5.11 Å². The molecular formula is C13H25N3OS. The van der Waals surface area contributed by atoms with Gasteiger partial charge in [-0.1, -0.05) is 25.2 Å². The van der Waals surface area contributed by atoms with Gasteiger partial charge in [-0.15, -0.1) is 0 Å². The quantitative estimate of drug-likeness (QED) is 0.823. The predicted molar refractivity (Wildman–Crippen MR) is 78.4 cm³/mol. The van der Waals surface area contributed by atoms with Crippen molar-refractivity contribution in [1.29, 1.82) is 0 Å². The molecule has 0 saturated carbocycles. The van der Waals surface area contributed by atoms with Crippen molar-refractivity contribution in [2.24, 2.45) is 5.92 Å². The van der Waals surface area contributed by atoms with E-state index in [2.05, 4.69) is 42.7 Å². The van der Waals surface area contributed by atoms with Gasteiger partial charge in [0.2, 0.25) is 0 Å². The van der Waals surface area contributed by atoms with Crippen molar-refractivity contribution in [1.82, 2.24) is 9.88 Å². The average Bonchev–Trinajstić information content (AvgIpc) is 2.65. The molecule has 1 heterocycles. The zero-order valence-corrected chi connectivity index (χ0v) is 12.9. The Labute approximate surface area is 114 Å². The van der Waals surface area contributed by atoms with E-state index in [1.54, 1.807) is 11.3 Å². The number of rotatable bonds is 7. The van der Waals surface area contributed by atoms with Crippen LogP contribution >= 0.6 is 11.3 Å². The molecule has 0 atom stereocenters. The lowest BCUT2D eigenvalue weighted by Crippen LogP contribution is -2.34. The van der Waals surface area contributed by atoms with Crippen molar-refractivity contribution in [3.05, 3.63) is 10.6 Å². The largest absolute Gasteiger partial charge is 0.391 e. The fraction of sp³-hybridized carbons (Fsp3) is 0.769. The molecule has 104 valence electrons. The van der Waals surface area contributed by atoms with E-state index < -0.39 is 0 Å². The Morgan fingerprint density at radius 3 is 2.39 bits per heavy atom. The van der Waals surface area contributed by atoms with Gasteiger partial charge in [0.15, 0.2) is 5.13 Å². The van der Waals surface area contributed by atoms with E-state index in [4.69, 9.17) is 0 Å². The van der Waals surface area contributed by atoms with Crippen LogP contribution in [-0.2, 0) is 6.61 Å². The molecule has 0 saturated heterocycles. The molecule has 18 heavy (non-hydrogen) atoms. The highest BCUT2D eigenvalue weighted by Crippen LogP contribution is 2.26. The SMILES string of the molecule is Cc1nc(N(CCN(C)C)CC(C)C)sc1CO. The van der Waals surface area contributed by atoms with Gasteiger partial charge < -0.3 is 14.9 Å². The Balaban J connectivity index is 2.79. The summed E-state index contributed by atoms with van der Waals surface area (Å²) < 4.78 is 0. The van der Waals surface area contributed by atoms with E-state index >= 15 is 0 Å². The third kappa shape index (κ3) is 4.55. The number of aryl methyl sites for hydroxylation is 1. The first kappa shape index (κ1) is 15.4. The van der Waals surface area contributed by atoms with Gasteiger partial charge in [0.1, 0.15) is 0 Å². The Bertz CT molecular complexity index is 363. The highest BCUT2D eigenvalue weighted by atomic mass is 32.1. The van der Waals surface area contributed by atoms with Crippen LogP contribution in [0.4, 0.5) is 5.13 Å². The maximum Gasteiger partial charge on any atom is 0.185 e. The molecule has 1 rings (SSSR count). The Morgan fingerprint density at radius 1 is 1.28 bits per heavy atom. The molecule has 1 aromatic rings. The monoisotopic (exact) mass is 271 g/mol. The van der Waals surface area contributed by atoms with Crippen molar-refractivity contribution < 1.29 is 5.11 Å². The number of nitrogens with zero attached hydrogens (tertiary/aromatic N) is 3.